The Morgan fingerprint density at radius 1 is 1.10 bits per heavy atom. The minimum Gasteiger partial charge on any atom is -0.376 e. The third-order valence-corrected chi connectivity index (χ3v) is 6.97. The number of aromatic nitrogens is 2. The Morgan fingerprint density at radius 3 is 2.55 bits per heavy atom. The summed E-state index contributed by atoms with van der Waals surface area (Å²) < 4.78 is 0. The maximum Gasteiger partial charge on any atom is 0.241 e. The number of nitrogens with one attached hydrogen (secondary N) is 1. The fourth-order valence-corrected chi connectivity index (χ4v) is 4.69. The van der Waals surface area contributed by atoms with Gasteiger partial charge in [-0.1, -0.05) is 35.8 Å². The van der Waals surface area contributed by atoms with Crippen LogP contribution >= 0.6 is 23.2 Å². The summed E-state index contributed by atoms with van der Waals surface area (Å²) in [6, 6.07) is 7.60. The van der Waals surface area contributed by atoms with Crippen molar-refractivity contribution in [1.29, 1.82) is 0 Å². The van der Waals surface area contributed by atoms with Crippen molar-refractivity contribution in [1.82, 2.24) is 25.1 Å². The predicted octanol–water partition coefficient (Wildman–Crippen LogP) is 3.82. The highest BCUT2D eigenvalue weighted by Gasteiger charge is 2.33. The predicted molar refractivity (Wildman–Crippen MR) is 124 cm³/mol. The lowest BCUT2D eigenvalue weighted by Gasteiger charge is -2.35. The standard InChI is InChI=1S/C23H27Cl2N5O/c1-16(18-3-4-20(24)21(25)13-18)28-14-22(31)30-12-7-19(15-30)29-10-5-17(6-11-29)23-26-8-2-9-27-23/h2-4,8-9,13,17,19,28H,1,5-7,10-12,14-15H2. The van der Waals surface area contributed by atoms with Crippen molar-refractivity contribution in [3.63, 3.8) is 0 Å². The molecule has 2 saturated heterocycles. The Morgan fingerprint density at radius 2 is 1.84 bits per heavy atom. The molecular weight excluding hydrogens is 433 g/mol. The molecule has 8 heteroatoms. The molecule has 0 aliphatic carbocycles. The summed E-state index contributed by atoms with van der Waals surface area (Å²) in [6.07, 6.45) is 6.80. The van der Waals surface area contributed by atoms with E-state index in [1.807, 2.05) is 29.4 Å². The normalized spacial score (nSPS) is 20.1. The van der Waals surface area contributed by atoms with Crippen LogP contribution in [-0.2, 0) is 4.79 Å². The first-order chi connectivity index (χ1) is 15.0. The number of halogens is 2. The minimum absolute atomic E-state index is 0.0938. The van der Waals surface area contributed by atoms with Crippen molar-refractivity contribution in [3.05, 3.63) is 64.7 Å². The molecule has 1 aromatic carbocycles. The molecule has 1 atom stereocenters. The van der Waals surface area contributed by atoms with E-state index in [4.69, 9.17) is 23.2 Å². The van der Waals surface area contributed by atoms with Gasteiger partial charge in [-0.05, 0) is 56.1 Å². The zero-order valence-electron chi connectivity index (χ0n) is 17.4. The summed E-state index contributed by atoms with van der Waals surface area (Å²) in [5.41, 5.74) is 1.49. The van der Waals surface area contributed by atoms with Crippen LogP contribution in [0.1, 0.15) is 36.6 Å². The molecule has 2 aromatic rings. The number of piperidine rings is 1. The van der Waals surface area contributed by atoms with Crippen LogP contribution in [0.25, 0.3) is 5.70 Å². The number of carbonyl (C=O) groups excluding carboxylic acids is 1. The van der Waals surface area contributed by atoms with Crippen LogP contribution in [0.3, 0.4) is 0 Å². The van der Waals surface area contributed by atoms with Gasteiger partial charge in [-0.15, -0.1) is 0 Å². The topological polar surface area (TPSA) is 61.4 Å². The largest absolute Gasteiger partial charge is 0.376 e. The number of hydrogen-bond donors (Lipinski definition) is 1. The van der Waals surface area contributed by atoms with Crippen LogP contribution < -0.4 is 5.32 Å². The molecule has 0 spiro atoms. The quantitative estimate of drug-likeness (QED) is 0.710. The van der Waals surface area contributed by atoms with E-state index in [9.17, 15) is 4.79 Å². The molecule has 4 rings (SSSR count). The third kappa shape index (κ3) is 5.37. The number of likely N-dealkylation sites (tertiary alicyclic amines) is 2. The Labute approximate surface area is 193 Å². The second-order valence-electron chi connectivity index (χ2n) is 8.16. The highest BCUT2D eigenvalue weighted by molar-refractivity contribution is 6.42. The van der Waals surface area contributed by atoms with Gasteiger partial charge in [-0.3, -0.25) is 9.69 Å². The van der Waals surface area contributed by atoms with Crippen molar-refractivity contribution in [2.45, 2.75) is 31.2 Å². The van der Waals surface area contributed by atoms with E-state index in [1.165, 1.54) is 0 Å². The van der Waals surface area contributed by atoms with Gasteiger partial charge in [0.05, 0.1) is 16.6 Å². The van der Waals surface area contributed by atoms with Crippen molar-refractivity contribution in [2.75, 3.05) is 32.7 Å². The monoisotopic (exact) mass is 459 g/mol. The molecule has 0 saturated carbocycles. The van der Waals surface area contributed by atoms with Gasteiger partial charge in [0.15, 0.2) is 0 Å². The van der Waals surface area contributed by atoms with E-state index in [-0.39, 0.29) is 12.5 Å². The van der Waals surface area contributed by atoms with Crippen LogP contribution in [0, 0.1) is 0 Å². The molecule has 3 heterocycles. The second-order valence-corrected chi connectivity index (χ2v) is 8.97. The fraction of sp³-hybridized carbons (Fsp3) is 0.435. The van der Waals surface area contributed by atoms with E-state index < -0.39 is 0 Å². The van der Waals surface area contributed by atoms with E-state index in [2.05, 4.69) is 26.8 Å². The third-order valence-electron chi connectivity index (χ3n) is 6.23. The Kier molecular flexibility index (Phi) is 7.10. The van der Waals surface area contributed by atoms with Crippen molar-refractivity contribution in [2.24, 2.45) is 0 Å². The summed E-state index contributed by atoms with van der Waals surface area (Å²) >= 11 is 12.0. The van der Waals surface area contributed by atoms with Gasteiger partial charge in [0.25, 0.3) is 0 Å². The SMILES string of the molecule is C=C(NCC(=O)N1CCC(N2CCC(c3ncccn3)CC2)C1)c1ccc(Cl)c(Cl)c1. The van der Waals surface area contributed by atoms with Gasteiger partial charge in [0.2, 0.25) is 5.91 Å². The molecule has 31 heavy (non-hydrogen) atoms. The number of rotatable bonds is 6. The van der Waals surface area contributed by atoms with Crippen LogP contribution in [0.5, 0.6) is 0 Å². The zero-order valence-corrected chi connectivity index (χ0v) is 18.9. The smallest absolute Gasteiger partial charge is 0.241 e. The van der Waals surface area contributed by atoms with Gasteiger partial charge < -0.3 is 10.2 Å². The maximum absolute atomic E-state index is 12.7. The molecular formula is C23H27Cl2N5O. The molecule has 1 N–H and O–H groups in total. The molecule has 2 fully saturated rings. The molecule has 1 aromatic heterocycles. The lowest BCUT2D eigenvalue weighted by Crippen LogP contribution is -2.44. The van der Waals surface area contributed by atoms with Crippen molar-refractivity contribution < 1.29 is 4.79 Å². The maximum atomic E-state index is 12.7. The molecule has 0 bridgehead atoms. The van der Waals surface area contributed by atoms with E-state index in [0.717, 1.165) is 56.8 Å². The summed E-state index contributed by atoms with van der Waals surface area (Å²) in [5, 5.41) is 4.09. The first kappa shape index (κ1) is 22.1. The van der Waals surface area contributed by atoms with Crippen LogP contribution in [-0.4, -0.2) is 64.4 Å². The van der Waals surface area contributed by atoms with Gasteiger partial charge in [-0.2, -0.15) is 0 Å². The molecule has 164 valence electrons. The first-order valence-corrected chi connectivity index (χ1v) is 11.4. The fourth-order valence-electron chi connectivity index (χ4n) is 4.39. The molecule has 6 nitrogen and oxygen atoms in total. The Balaban J connectivity index is 1.23. The number of hydrogen-bond acceptors (Lipinski definition) is 5. The average molecular weight is 460 g/mol. The van der Waals surface area contributed by atoms with Gasteiger partial charge in [0.1, 0.15) is 5.82 Å². The Hall–Kier alpha value is -2.15. The lowest BCUT2D eigenvalue weighted by molar-refractivity contribution is -0.129. The summed E-state index contributed by atoms with van der Waals surface area (Å²) in [7, 11) is 0. The van der Waals surface area contributed by atoms with Gasteiger partial charge >= 0.3 is 0 Å². The van der Waals surface area contributed by atoms with Gasteiger partial charge in [-0.25, -0.2) is 9.97 Å². The average Bonchev–Trinajstić information content (AvgIpc) is 3.30. The number of nitrogens with zero attached hydrogens (tertiary/aromatic N) is 4. The number of amides is 1. The Bertz CT molecular complexity index is 931. The number of benzene rings is 1. The first-order valence-electron chi connectivity index (χ1n) is 10.7. The van der Waals surface area contributed by atoms with Gasteiger partial charge in [0, 0.05) is 43.1 Å². The molecule has 0 radical (unpaired) electrons. The molecule has 1 amide bonds. The molecule has 1 unspecified atom stereocenters. The molecule has 2 aliphatic rings. The molecule has 2 aliphatic heterocycles. The number of carbonyl (C=O) groups is 1. The van der Waals surface area contributed by atoms with Crippen molar-refractivity contribution in [3.8, 4) is 0 Å². The van der Waals surface area contributed by atoms with Crippen LogP contribution in [0.2, 0.25) is 10.0 Å². The van der Waals surface area contributed by atoms with Crippen LogP contribution in [0.4, 0.5) is 0 Å². The van der Waals surface area contributed by atoms with Crippen molar-refractivity contribution >= 4 is 34.8 Å². The summed E-state index contributed by atoms with van der Waals surface area (Å²) in [4.78, 5) is 26.0. The zero-order chi connectivity index (χ0) is 21.8. The van der Waals surface area contributed by atoms with Crippen LogP contribution in [0.15, 0.2) is 43.2 Å². The highest BCUT2D eigenvalue weighted by Crippen LogP contribution is 2.28. The second kappa shape index (κ2) is 9.98. The summed E-state index contributed by atoms with van der Waals surface area (Å²) in [6.45, 7) is 7.88. The van der Waals surface area contributed by atoms with E-state index in [0.29, 0.717) is 27.7 Å². The lowest BCUT2D eigenvalue weighted by atomic mass is 9.94. The van der Waals surface area contributed by atoms with E-state index in [1.54, 1.807) is 12.1 Å². The minimum atomic E-state index is 0.0938. The summed E-state index contributed by atoms with van der Waals surface area (Å²) in [5.74, 6) is 1.49. The highest BCUT2D eigenvalue weighted by atomic mass is 35.5. The van der Waals surface area contributed by atoms with E-state index >= 15 is 0 Å².